The Bertz CT molecular complexity index is 560. The number of aliphatic hydroxyl groups is 1. The second kappa shape index (κ2) is 7.47. The van der Waals surface area contributed by atoms with E-state index in [1.807, 2.05) is 4.90 Å². The Hall–Kier alpha value is -1.69. The molecule has 132 valence electrons. The van der Waals surface area contributed by atoms with Crippen LogP contribution >= 0.6 is 0 Å². The Morgan fingerprint density at radius 2 is 2.12 bits per heavy atom. The van der Waals surface area contributed by atoms with Crippen LogP contribution in [0.5, 0.6) is 0 Å². The number of aromatic nitrogens is 1. The fourth-order valence-electron chi connectivity index (χ4n) is 3.77. The van der Waals surface area contributed by atoms with E-state index in [9.17, 15) is 14.3 Å². The zero-order valence-corrected chi connectivity index (χ0v) is 14.0. The average molecular weight is 335 g/mol. The highest BCUT2D eigenvalue weighted by molar-refractivity contribution is 5.78. The van der Waals surface area contributed by atoms with Crippen LogP contribution in [0.25, 0.3) is 0 Å². The number of amides is 1. The molecule has 0 spiro atoms. The minimum atomic E-state index is -0.960. The van der Waals surface area contributed by atoms with Crippen LogP contribution in [0.4, 0.5) is 10.2 Å². The highest BCUT2D eigenvalue weighted by Gasteiger charge is 2.35. The summed E-state index contributed by atoms with van der Waals surface area (Å²) in [6, 6.07) is 3.00. The number of halogens is 1. The molecule has 1 saturated heterocycles. The van der Waals surface area contributed by atoms with Gasteiger partial charge in [0.25, 0.3) is 0 Å². The minimum absolute atomic E-state index is 0.0696. The summed E-state index contributed by atoms with van der Waals surface area (Å²) in [5.41, 5.74) is -0.960. The molecule has 2 N–H and O–H groups in total. The number of rotatable bonds is 4. The van der Waals surface area contributed by atoms with E-state index in [1.165, 1.54) is 18.7 Å². The van der Waals surface area contributed by atoms with E-state index < -0.39 is 5.60 Å². The first-order valence-electron chi connectivity index (χ1n) is 8.92. The molecule has 1 amide bonds. The zero-order valence-electron chi connectivity index (χ0n) is 14.0. The maximum Gasteiger partial charge on any atom is 0.223 e. The summed E-state index contributed by atoms with van der Waals surface area (Å²) in [7, 11) is 0. The largest absolute Gasteiger partial charge is 0.386 e. The van der Waals surface area contributed by atoms with E-state index in [2.05, 4.69) is 10.3 Å². The second-order valence-corrected chi connectivity index (χ2v) is 7.14. The first-order chi connectivity index (χ1) is 11.6. The van der Waals surface area contributed by atoms with Crippen LogP contribution in [0.2, 0.25) is 0 Å². The molecule has 24 heavy (non-hydrogen) atoms. The number of carbonyl (C=O) groups excluding carboxylic acids is 1. The van der Waals surface area contributed by atoms with Gasteiger partial charge in [0.15, 0.2) is 0 Å². The van der Waals surface area contributed by atoms with Crippen molar-refractivity contribution < 1.29 is 14.3 Å². The first-order valence-corrected chi connectivity index (χ1v) is 8.92. The van der Waals surface area contributed by atoms with Crippen molar-refractivity contribution in [2.75, 3.05) is 24.5 Å². The lowest BCUT2D eigenvalue weighted by molar-refractivity contribution is -0.127. The number of carbonyl (C=O) groups is 1. The lowest BCUT2D eigenvalue weighted by Gasteiger charge is -2.40. The molecule has 5 nitrogen and oxygen atoms in total. The molecule has 1 aromatic heterocycles. The van der Waals surface area contributed by atoms with Gasteiger partial charge in [-0.1, -0.05) is 19.3 Å². The van der Waals surface area contributed by atoms with Crippen LogP contribution in [0.1, 0.15) is 44.9 Å². The molecule has 6 heteroatoms. The smallest absolute Gasteiger partial charge is 0.223 e. The molecule has 1 saturated carbocycles. The molecule has 0 bridgehead atoms. The molecule has 1 aliphatic carbocycles. The molecule has 2 heterocycles. The molecule has 1 aliphatic heterocycles. The molecule has 1 atom stereocenters. The van der Waals surface area contributed by atoms with E-state index >= 15 is 0 Å². The molecular weight excluding hydrogens is 309 g/mol. The summed E-state index contributed by atoms with van der Waals surface area (Å²) in [6.07, 6.45) is 8.01. The van der Waals surface area contributed by atoms with Crippen molar-refractivity contribution in [2.45, 2.75) is 50.5 Å². The monoisotopic (exact) mass is 335 g/mol. The predicted molar refractivity (Wildman–Crippen MR) is 90.2 cm³/mol. The van der Waals surface area contributed by atoms with Gasteiger partial charge in [-0.25, -0.2) is 9.37 Å². The van der Waals surface area contributed by atoms with E-state index in [4.69, 9.17) is 0 Å². The first kappa shape index (κ1) is 17.1. The fraction of sp³-hybridized carbons (Fsp3) is 0.667. The van der Waals surface area contributed by atoms with Crippen molar-refractivity contribution >= 4 is 11.7 Å². The van der Waals surface area contributed by atoms with Crippen molar-refractivity contribution in [3.63, 3.8) is 0 Å². The quantitative estimate of drug-likeness (QED) is 0.886. The molecular formula is C18H26FN3O2. The average Bonchev–Trinajstić information content (AvgIpc) is 2.61. The van der Waals surface area contributed by atoms with Gasteiger partial charge in [-0.3, -0.25) is 4.79 Å². The van der Waals surface area contributed by atoms with Crippen LogP contribution in [0.15, 0.2) is 18.3 Å². The highest BCUT2D eigenvalue weighted by atomic mass is 19.1. The number of piperidine rings is 1. The maximum absolute atomic E-state index is 13.0. The SMILES string of the molecule is O=C(NC[C@@]1(O)CCCN(c2ccc(F)cn2)C1)C1CCCCC1. The summed E-state index contributed by atoms with van der Waals surface area (Å²) < 4.78 is 13.0. The van der Waals surface area contributed by atoms with Gasteiger partial charge >= 0.3 is 0 Å². The van der Waals surface area contributed by atoms with Gasteiger partial charge in [0.1, 0.15) is 11.6 Å². The van der Waals surface area contributed by atoms with Gasteiger partial charge in [-0.2, -0.15) is 0 Å². The van der Waals surface area contributed by atoms with Crippen LogP contribution < -0.4 is 10.2 Å². The van der Waals surface area contributed by atoms with E-state index in [-0.39, 0.29) is 24.2 Å². The highest BCUT2D eigenvalue weighted by Crippen LogP contribution is 2.26. The van der Waals surface area contributed by atoms with Crippen LogP contribution in [0, 0.1) is 11.7 Å². The van der Waals surface area contributed by atoms with Crippen molar-refractivity contribution in [1.82, 2.24) is 10.3 Å². The molecule has 2 fully saturated rings. The molecule has 0 aromatic carbocycles. The van der Waals surface area contributed by atoms with Gasteiger partial charge < -0.3 is 15.3 Å². The van der Waals surface area contributed by atoms with Gasteiger partial charge in [0.2, 0.25) is 5.91 Å². The number of β-amino-alcohol motifs (C(OH)–C–C–N with tert-alkyl or cyclic N) is 1. The topological polar surface area (TPSA) is 65.5 Å². The number of pyridine rings is 1. The Morgan fingerprint density at radius 3 is 2.83 bits per heavy atom. The summed E-state index contributed by atoms with van der Waals surface area (Å²) in [5.74, 6) is 0.458. The Balaban J connectivity index is 1.56. The van der Waals surface area contributed by atoms with Crippen molar-refractivity contribution in [1.29, 1.82) is 0 Å². The van der Waals surface area contributed by atoms with Crippen LogP contribution in [-0.2, 0) is 4.79 Å². The van der Waals surface area contributed by atoms with Gasteiger partial charge in [0.05, 0.1) is 11.8 Å². The van der Waals surface area contributed by atoms with Gasteiger partial charge in [-0.05, 0) is 37.8 Å². The number of nitrogens with zero attached hydrogens (tertiary/aromatic N) is 2. The number of anilines is 1. The summed E-state index contributed by atoms with van der Waals surface area (Å²) in [5, 5.41) is 13.8. The predicted octanol–water partition coefficient (Wildman–Crippen LogP) is 2.25. The second-order valence-electron chi connectivity index (χ2n) is 7.14. The summed E-state index contributed by atoms with van der Waals surface area (Å²) in [6.45, 7) is 1.44. The van der Waals surface area contributed by atoms with Gasteiger partial charge in [-0.15, -0.1) is 0 Å². The standard InChI is InChI=1S/C18H26FN3O2/c19-15-7-8-16(20-11-15)22-10-4-9-18(24,13-22)12-21-17(23)14-5-2-1-3-6-14/h7-8,11,14,24H,1-6,9-10,12-13H2,(H,21,23)/t18-/m0/s1. The fourth-order valence-corrected chi connectivity index (χ4v) is 3.77. The third-order valence-electron chi connectivity index (χ3n) is 5.16. The molecule has 3 rings (SSSR count). The normalized spacial score (nSPS) is 25.5. The van der Waals surface area contributed by atoms with Crippen LogP contribution in [-0.4, -0.2) is 41.2 Å². The summed E-state index contributed by atoms with van der Waals surface area (Å²) >= 11 is 0. The number of nitrogens with one attached hydrogen (secondary N) is 1. The van der Waals surface area contributed by atoms with Crippen LogP contribution in [0.3, 0.4) is 0 Å². The third kappa shape index (κ3) is 4.23. The van der Waals surface area contributed by atoms with E-state index in [0.717, 1.165) is 38.6 Å². The Labute approximate surface area is 142 Å². The minimum Gasteiger partial charge on any atom is -0.386 e. The van der Waals surface area contributed by atoms with E-state index in [1.54, 1.807) is 6.07 Å². The molecule has 2 aliphatic rings. The zero-order chi connectivity index (χ0) is 17.0. The Morgan fingerprint density at radius 1 is 1.33 bits per heavy atom. The van der Waals surface area contributed by atoms with Crippen molar-refractivity contribution in [3.05, 3.63) is 24.1 Å². The van der Waals surface area contributed by atoms with Crippen molar-refractivity contribution in [2.24, 2.45) is 5.92 Å². The molecule has 0 radical (unpaired) electrons. The molecule has 0 unspecified atom stereocenters. The maximum atomic E-state index is 13.0. The summed E-state index contributed by atoms with van der Waals surface area (Å²) in [4.78, 5) is 18.3. The van der Waals surface area contributed by atoms with E-state index in [0.29, 0.717) is 18.8 Å². The lowest BCUT2D eigenvalue weighted by atomic mass is 9.88. The van der Waals surface area contributed by atoms with Gasteiger partial charge in [0, 0.05) is 25.6 Å². The number of hydrogen-bond acceptors (Lipinski definition) is 4. The molecule has 1 aromatic rings. The third-order valence-corrected chi connectivity index (χ3v) is 5.16. The Kier molecular flexibility index (Phi) is 5.33. The van der Waals surface area contributed by atoms with Crippen molar-refractivity contribution in [3.8, 4) is 0 Å². The lowest BCUT2D eigenvalue weighted by Crippen LogP contribution is -2.55. The number of hydrogen-bond donors (Lipinski definition) is 2.